The number of rotatable bonds is 4. The van der Waals surface area contributed by atoms with Crippen LogP contribution in [0.15, 0.2) is 12.3 Å². The van der Waals surface area contributed by atoms with Crippen molar-refractivity contribution in [3.05, 3.63) is 12.3 Å². The molecule has 3 atom stereocenters. The predicted molar refractivity (Wildman–Crippen MR) is 70.3 cm³/mol. The molecule has 16 heavy (non-hydrogen) atoms. The minimum absolute atomic E-state index is 0.385. The number of hydrogen-bond donors (Lipinski definition) is 0. The summed E-state index contributed by atoms with van der Waals surface area (Å²) in [5.74, 6) is 2.44. The van der Waals surface area contributed by atoms with Gasteiger partial charge in [0.1, 0.15) is 0 Å². The molecule has 1 saturated heterocycles. The van der Waals surface area contributed by atoms with Gasteiger partial charge in [0.15, 0.2) is 0 Å². The molecule has 0 radical (unpaired) electrons. The van der Waals surface area contributed by atoms with E-state index >= 15 is 0 Å². The third kappa shape index (κ3) is 4.59. The molecular weight excluding hydrogens is 196 g/mol. The van der Waals surface area contributed by atoms with E-state index in [1.807, 2.05) is 0 Å². The standard InChI is InChI=1S/C15H28O/c1-11(10-15(4,5)6)7-8-14-9-12(2)16-13(14)3/h11-12,14H,3,7-10H2,1-2,4-6H3. The molecule has 0 aliphatic carbocycles. The summed E-state index contributed by atoms with van der Waals surface area (Å²) >= 11 is 0. The van der Waals surface area contributed by atoms with Gasteiger partial charge in [0.2, 0.25) is 0 Å². The Morgan fingerprint density at radius 2 is 2.06 bits per heavy atom. The SMILES string of the molecule is C=C1OC(C)CC1CCC(C)CC(C)(C)C. The van der Waals surface area contributed by atoms with Gasteiger partial charge in [-0.05, 0) is 43.9 Å². The summed E-state index contributed by atoms with van der Waals surface area (Å²) in [4.78, 5) is 0. The van der Waals surface area contributed by atoms with Gasteiger partial charge in [-0.3, -0.25) is 0 Å². The van der Waals surface area contributed by atoms with Crippen LogP contribution in [0.1, 0.15) is 60.3 Å². The summed E-state index contributed by atoms with van der Waals surface area (Å²) in [5, 5.41) is 0. The Kier molecular flexibility index (Phi) is 4.46. The molecule has 1 nitrogen and oxygen atoms in total. The van der Waals surface area contributed by atoms with Crippen molar-refractivity contribution in [3.8, 4) is 0 Å². The Balaban J connectivity index is 2.27. The first-order valence-corrected chi connectivity index (χ1v) is 6.63. The van der Waals surface area contributed by atoms with Crippen molar-refractivity contribution >= 4 is 0 Å². The maximum absolute atomic E-state index is 5.61. The van der Waals surface area contributed by atoms with E-state index in [2.05, 4.69) is 41.2 Å². The van der Waals surface area contributed by atoms with Gasteiger partial charge < -0.3 is 4.74 Å². The van der Waals surface area contributed by atoms with Crippen LogP contribution < -0.4 is 0 Å². The van der Waals surface area contributed by atoms with Crippen LogP contribution >= 0.6 is 0 Å². The zero-order valence-corrected chi connectivity index (χ0v) is 11.7. The molecule has 0 saturated carbocycles. The fraction of sp³-hybridized carbons (Fsp3) is 0.867. The summed E-state index contributed by atoms with van der Waals surface area (Å²) in [6.45, 7) is 15.5. The van der Waals surface area contributed by atoms with E-state index < -0.39 is 0 Å². The van der Waals surface area contributed by atoms with Gasteiger partial charge in [0.05, 0.1) is 11.9 Å². The van der Waals surface area contributed by atoms with E-state index in [0.717, 1.165) is 11.7 Å². The lowest BCUT2D eigenvalue weighted by Crippen LogP contribution is -2.12. The lowest BCUT2D eigenvalue weighted by molar-refractivity contribution is 0.177. The van der Waals surface area contributed by atoms with Crippen LogP contribution in [-0.4, -0.2) is 6.10 Å². The first kappa shape index (κ1) is 13.6. The molecule has 0 aromatic heterocycles. The quantitative estimate of drug-likeness (QED) is 0.668. The van der Waals surface area contributed by atoms with E-state index in [4.69, 9.17) is 4.74 Å². The largest absolute Gasteiger partial charge is 0.495 e. The smallest absolute Gasteiger partial charge is 0.0961 e. The first-order chi connectivity index (χ1) is 7.28. The van der Waals surface area contributed by atoms with Gasteiger partial charge in [-0.15, -0.1) is 0 Å². The van der Waals surface area contributed by atoms with Crippen LogP contribution in [-0.2, 0) is 4.74 Å². The van der Waals surface area contributed by atoms with Gasteiger partial charge in [-0.2, -0.15) is 0 Å². The highest BCUT2D eigenvalue weighted by Gasteiger charge is 2.27. The van der Waals surface area contributed by atoms with Crippen molar-refractivity contribution in [1.29, 1.82) is 0 Å². The van der Waals surface area contributed by atoms with Crippen LogP contribution in [0.25, 0.3) is 0 Å². The molecule has 1 rings (SSSR count). The molecule has 3 unspecified atom stereocenters. The van der Waals surface area contributed by atoms with Gasteiger partial charge in [0, 0.05) is 5.92 Å². The Morgan fingerprint density at radius 1 is 1.44 bits per heavy atom. The Hall–Kier alpha value is -0.460. The van der Waals surface area contributed by atoms with Gasteiger partial charge >= 0.3 is 0 Å². The molecule has 0 amide bonds. The van der Waals surface area contributed by atoms with E-state index in [0.29, 0.717) is 17.4 Å². The molecule has 1 heterocycles. The molecule has 1 heteroatoms. The molecule has 1 fully saturated rings. The van der Waals surface area contributed by atoms with Crippen LogP contribution in [0.2, 0.25) is 0 Å². The van der Waals surface area contributed by atoms with E-state index in [1.165, 1.54) is 25.7 Å². The van der Waals surface area contributed by atoms with E-state index in [-0.39, 0.29) is 0 Å². The Bertz CT molecular complexity index is 236. The number of allylic oxidation sites excluding steroid dienone is 1. The second-order valence-corrected chi connectivity index (χ2v) is 6.77. The highest BCUT2D eigenvalue weighted by atomic mass is 16.5. The average molecular weight is 224 g/mol. The molecule has 0 spiro atoms. The van der Waals surface area contributed by atoms with Crippen molar-refractivity contribution in [2.45, 2.75) is 66.4 Å². The molecule has 94 valence electrons. The normalized spacial score (nSPS) is 27.9. The van der Waals surface area contributed by atoms with E-state index in [1.54, 1.807) is 0 Å². The molecule has 0 aromatic carbocycles. The topological polar surface area (TPSA) is 9.23 Å². The summed E-state index contributed by atoms with van der Waals surface area (Å²) in [6.07, 6.45) is 5.41. The summed E-state index contributed by atoms with van der Waals surface area (Å²) < 4.78 is 5.61. The summed E-state index contributed by atoms with van der Waals surface area (Å²) in [6, 6.07) is 0. The summed E-state index contributed by atoms with van der Waals surface area (Å²) in [7, 11) is 0. The molecule has 1 aliphatic heterocycles. The maximum Gasteiger partial charge on any atom is 0.0961 e. The predicted octanol–water partition coefficient (Wildman–Crippen LogP) is 4.78. The number of hydrogen-bond acceptors (Lipinski definition) is 1. The minimum Gasteiger partial charge on any atom is -0.495 e. The van der Waals surface area contributed by atoms with Crippen LogP contribution in [0.5, 0.6) is 0 Å². The van der Waals surface area contributed by atoms with Crippen molar-refractivity contribution in [1.82, 2.24) is 0 Å². The van der Waals surface area contributed by atoms with Crippen molar-refractivity contribution in [2.75, 3.05) is 0 Å². The van der Waals surface area contributed by atoms with Gasteiger partial charge in [-0.25, -0.2) is 0 Å². The van der Waals surface area contributed by atoms with Crippen molar-refractivity contribution in [2.24, 2.45) is 17.3 Å². The molecule has 1 aliphatic rings. The minimum atomic E-state index is 0.385. The first-order valence-electron chi connectivity index (χ1n) is 6.63. The third-order valence-corrected chi connectivity index (χ3v) is 3.39. The molecule has 0 bridgehead atoms. The van der Waals surface area contributed by atoms with Crippen LogP contribution in [0.3, 0.4) is 0 Å². The van der Waals surface area contributed by atoms with Crippen LogP contribution in [0.4, 0.5) is 0 Å². The van der Waals surface area contributed by atoms with Crippen molar-refractivity contribution in [3.63, 3.8) is 0 Å². The van der Waals surface area contributed by atoms with E-state index in [9.17, 15) is 0 Å². The molecule has 0 N–H and O–H groups in total. The lowest BCUT2D eigenvalue weighted by Gasteiger charge is -2.23. The fourth-order valence-corrected chi connectivity index (χ4v) is 2.85. The highest BCUT2D eigenvalue weighted by molar-refractivity contribution is 4.98. The fourth-order valence-electron chi connectivity index (χ4n) is 2.85. The monoisotopic (exact) mass is 224 g/mol. The molecule has 0 aromatic rings. The van der Waals surface area contributed by atoms with Crippen LogP contribution in [0, 0.1) is 17.3 Å². The average Bonchev–Trinajstić information content (AvgIpc) is 2.38. The third-order valence-electron chi connectivity index (χ3n) is 3.39. The maximum atomic E-state index is 5.61. The highest BCUT2D eigenvalue weighted by Crippen LogP contribution is 2.34. The number of ether oxygens (including phenoxy) is 1. The second-order valence-electron chi connectivity index (χ2n) is 6.77. The zero-order valence-electron chi connectivity index (χ0n) is 11.7. The second kappa shape index (κ2) is 5.25. The summed E-state index contributed by atoms with van der Waals surface area (Å²) in [5.41, 5.74) is 0.454. The Labute approximate surface area is 101 Å². The van der Waals surface area contributed by atoms with Gasteiger partial charge in [-0.1, -0.05) is 34.3 Å². The molecular formula is C15H28O. The lowest BCUT2D eigenvalue weighted by atomic mass is 9.82. The van der Waals surface area contributed by atoms with Gasteiger partial charge in [0.25, 0.3) is 0 Å². The Morgan fingerprint density at radius 3 is 2.50 bits per heavy atom. The van der Waals surface area contributed by atoms with Crippen molar-refractivity contribution < 1.29 is 4.74 Å². The zero-order chi connectivity index (χ0) is 12.3.